The van der Waals surface area contributed by atoms with Crippen LogP contribution in [-0.2, 0) is 15.8 Å². The molecule has 1 aromatic rings. The first-order chi connectivity index (χ1) is 5.88. The van der Waals surface area contributed by atoms with Crippen molar-refractivity contribution in [1.82, 2.24) is 4.98 Å². The summed E-state index contributed by atoms with van der Waals surface area (Å²) in [7, 11) is -3.51. The number of sulfonamides is 1. The first-order valence-corrected chi connectivity index (χ1v) is 6.49. The molecule has 0 aliphatic carbocycles. The van der Waals surface area contributed by atoms with Crippen molar-refractivity contribution in [3.63, 3.8) is 0 Å². The maximum Gasteiger partial charge on any atom is 0.213 e. The average Bonchev–Trinajstić information content (AvgIpc) is 1.94. The molecule has 0 atom stereocenters. The van der Waals surface area contributed by atoms with E-state index in [1.165, 1.54) is 0 Å². The van der Waals surface area contributed by atoms with E-state index < -0.39 is 10.0 Å². The van der Waals surface area contributed by atoms with E-state index in [1.54, 1.807) is 12.3 Å². The van der Waals surface area contributed by atoms with Crippen molar-refractivity contribution in [2.75, 3.05) is 0 Å². The predicted molar refractivity (Wildman–Crippen MR) is 56.4 cm³/mol. The molecule has 1 aromatic heterocycles. The van der Waals surface area contributed by atoms with Crippen LogP contribution in [0.15, 0.2) is 21.3 Å². The maximum absolute atomic E-state index is 10.8. The Morgan fingerprint density at radius 2 is 2.08 bits per heavy atom. The van der Waals surface area contributed by atoms with Crippen LogP contribution in [0.5, 0.6) is 0 Å². The molecular formula is C6H6Br2N2O2S. The first-order valence-electron chi connectivity index (χ1n) is 3.19. The molecule has 0 aliphatic rings. The number of nitrogens with zero attached hydrogens (tertiary/aromatic N) is 1. The van der Waals surface area contributed by atoms with Gasteiger partial charge in [-0.05, 0) is 37.9 Å². The van der Waals surface area contributed by atoms with E-state index in [1.807, 2.05) is 0 Å². The van der Waals surface area contributed by atoms with E-state index in [9.17, 15) is 8.42 Å². The van der Waals surface area contributed by atoms with Gasteiger partial charge in [0.1, 0.15) is 4.60 Å². The van der Waals surface area contributed by atoms with Gasteiger partial charge in [0.15, 0.2) is 0 Å². The minimum absolute atomic E-state index is 0.222. The molecule has 7 heteroatoms. The Bertz CT molecular complexity index is 419. The molecule has 0 radical (unpaired) electrons. The minimum Gasteiger partial charge on any atom is -0.248 e. The zero-order valence-corrected chi connectivity index (χ0v) is 10.4. The van der Waals surface area contributed by atoms with Gasteiger partial charge in [-0.15, -0.1) is 0 Å². The van der Waals surface area contributed by atoms with Gasteiger partial charge in [-0.2, -0.15) is 0 Å². The van der Waals surface area contributed by atoms with E-state index in [-0.39, 0.29) is 5.75 Å². The van der Waals surface area contributed by atoms with Crippen molar-refractivity contribution in [2.45, 2.75) is 5.75 Å². The summed E-state index contributed by atoms with van der Waals surface area (Å²) in [6.07, 6.45) is 1.57. The number of pyridine rings is 1. The summed E-state index contributed by atoms with van der Waals surface area (Å²) in [6, 6.07) is 1.65. The fraction of sp³-hybridized carbons (Fsp3) is 0.167. The number of hydrogen-bond donors (Lipinski definition) is 1. The molecule has 0 spiro atoms. The van der Waals surface area contributed by atoms with E-state index in [0.717, 1.165) is 0 Å². The summed E-state index contributed by atoms with van der Waals surface area (Å²) in [4.78, 5) is 3.91. The Kier molecular flexibility index (Phi) is 3.44. The van der Waals surface area contributed by atoms with Crippen molar-refractivity contribution in [3.8, 4) is 0 Å². The third kappa shape index (κ3) is 3.72. The van der Waals surface area contributed by atoms with Gasteiger partial charge in [-0.3, -0.25) is 0 Å². The standard InChI is InChI=1S/C6H6Br2N2O2S/c7-5-1-4(3-13(9,11)12)6(8)10-2-5/h1-2H,3H2,(H2,9,11,12). The second kappa shape index (κ2) is 4.04. The van der Waals surface area contributed by atoms with Crippen molar-refractivity contribution in [1.29, 1.82) is 0 Å². The van der Waals surface area contributed by atoms with Crippen LogP contribution in [0.1, 0.15) is 5.56 Å². The first kappa shape index (κ1) is 11.1. The summed E-state index contributed by atoms with van der Waals surface area (Å²) in [5.41, 5.74) is 0.539. The van der Waals surface area contributed by atoms with Crippen LogP contribution in [0.25, 0.3) is 0 Å². The highest BCUT2D eigenvalue weighted by atomic mass is 79.9. The van der Waals surface area contributed by atoms with Gasteiger partial charge in [0.25, 0.3) is 0 Å². The molecule has 0 aliphatic heterocycles. The Labute approximate surface area is 92.9 Å². The Morgan fingerprint density at radius 3 is 2.62 bits per heavy atom. The third-order valence-corrected chi connectivity index (χ3v) is 3.10. The van der Waals surface area contributed by atoms with E-state index in [2.05, 4.69) is 36.8 Å². The smallest absolute Gasteiger partial charge is 0.213 e. The molecule has 0 amide bonds. The van der Waals surface area contributed by atoms with Gasteiger partial charge < -0.3 is 0 Å². The van der Waals surface area contributed by atoms with Gasteiger partial charge >= 0.3 is 0 Å². The lowest BCUT2D eigenvalue weighted by Crippen LogP contribution is -2.15. The third-order valence-electron chi connectivity index (χ3n) is 1.24. The number of halogens is 2. The van der Waals surface area contributed by atoms with E-state index in [0.29, 0.717) is 14.6 Å². The molecule has 1 heterocycles. The summed E-state index contributed by atoms with van der Waals surface area (Å²) in [5.74, 6) is -0.222. The van der Waals surface area contributed by atoms with Gasteiger partial charge in [-0.25, -0.2) is 18.5 Å². The van der Waals surface area contributed by atoms with Crippen molar-refractivity contribution in [3.05, 3.63) is 26.9 Å². The van der Waals surface area contributed by atoms with Crippen LogP contribution in [-0.4, -0.2) is 13.4 Å². The van der Waals surface area contributed by atoms with E-state index in [4.69, 9.17) is 5.14 Å². The maximum atomic E-state index is 10.8. The number of aromatic nitrogens is 1. The van der Waals surface area contributed by atoms with Crippen molar-refractivity contribution < 1.29 is 8.42 Å². The van der Waals surface area contributed by atoms with E-state index >= 15 is 0 Å². The molecule has 0 aromatic carbocycles. The quantitative estimate of drug-likeness (QED) is 0.833. The highest BCUT2D eigenvalue weighted by Gasteiger charge is 2.09. The zero-order valence-electron chi connectivity index (χ0n) is 6.37. The number of primary sulfonamides is 1. The summed E-state index contributed by atoms with van der Waals surface area (Å²) >= 11 is 6.32. The van der Waals surface area contributed by atoms with Crippen LogP contribution in [0.2, 0.25) is 0 Å². The topological polar surface area (TPSA) is 73.1 Å². The van der Waals surface area contributed by atoms with Gasteiger partial charge in [-0.1, -0.05) is 0 Å². The van der Waals surface area contributed by atoms with Crippen molar-refractivity contribution >= 4 is 41.9 Å². The molecule has 4 nitrogen and oxygen atoms in total. The molecule has 0 fully saturated rings. The SMILES string of the molecule is NS(=O)(=O)Cc1cc(Br)cnc1Br. The lowest BCUT2D eigenvalue weighted by atomic mass is 10.3. The van der Waals surface area contributed by atoms with Gasteiger partial charge in [0.2, 0.25) is 10.0 Å². The zero-order chi connectivity index (χ0) is 10.1. The second-order valence-corrected chi connectivity index (χ2v) is 5.69. The summed E-state index contributed by atoms with van der Waals surface area (Å²) < 4.78 is 22.8. The molecular weight excluding hydrogens is 324 g/mol. The number of rotatable bonds is 2. The Hall–Kier alpha value is 0.0200. The van der Waals surface area contributed by atoms with Gasteiger partial charge in [0.05, 0.1) is 5.75 Å². The van der Waals surface area contributed by atoms with Crippen LogP contribution >= 0.6 is 31.9 Å². The monoisotopic (exact) mass is 328 g/mol. The number of nitrogens with two attached hydrogens (primary N) is 1. The van der Waals surface area contributed by atoms with Crippen LogP contribution in [0.4, 0.5) is 0 Å². The lowest BCUT2D eigenvalue weighted by molar-refractivity contribution is 0.597. The van der Waals surface area contributed by atoms with Crippen LogP contribution < -0.4 is 5.14 Å². The molecule has 1 rings (SSSR count). The van der Waals surface area contributed by atoms with Gasteiger partial charge in [0, 0.05) is 16.2 Å². The Morgan fingerprint density at radius 1 is 1.46 bits per heavy atom. The molecule has 0 saturated heterocycles. The second-order valence-electron chi connectivity index (χ2n) is 2.41. The predicted octanol–water partition coefficient (Wildman–Crippen LogP) is 1.40. The minimum atomic E-state index is -3.51. The highest BCUT2D eigenvalue weighted by molar-refractivity contribution is 9.11. The lowest BCUT2D eigenvalue weighted by Gasteiger charge is -2.01. The normalized spacial score (nSPS) is 11.6. The fourth-order valence-electron chi connectivity index (χ4n) is 0.782. The van der Waals surface area contributed by atoms with Crippen molar-refractivity contribution in [2.24, 2.45) is 5.14 Å². The average molecular weight is 330 g/mol. The van der Waals surface area contributed by atoms with Crippen LogP contribution in [0.3, 0.4) is 0 Å². The molecule has 2 N–H and O–H groups in total. The highest BCUT2D eigenvalue weighted by Crippen LogP contribution is 2.19. The molecule has 72 valence electrons. The summed E-state index contributed by atoms with van der Waals surface area (Å²) in [5, 5.41) is 4.89. The molecule has 13 heavy (non-hydrogen) atoms. The molecule has 0 unspecified atom stereocenters. The molecule has 0 bridgehead atoms. The van der Waals surface area contributed by atoms with Crippen LogP contribution in [0, 0.1) is 0 Å². The number of hydrogen-bond acceptors (Lipinski definition) is 3. The fourth-order valence-corrected chi connectivity index (χ4v) is 2.36. The largest absolute Gasteiger partial charge is 0.248 e. The summed E-state index contributed by atoms with van der Waals surface area (Å²) in [6.45, 7) is 0. The Balaban J connectivity index is 3.08. The molecule has 0 saturated carbocycles.